The fraction of sp³-hybridized carbons (Fsp3) is 0.650. The third-order valence-corrected chi connectivity index (χ3v) is 5.13. The molecule has 1 saturated heterocycles. The van der Waals surface area contributed by atoms with E-state index in [-0.39, 0.29) is 17.4 Å². The molecule has 0 bridgehead atoms. The van der Waals surface area contributed by atoms with E-state index in [9.17, 15) is 14.9 Å². The Morgan fingerprint density at radius 2 is 1.81 bits per heavy atom. The number of hydrogen-bond acceptors (Lipinski definition) is 5. The monoisotopic (exact) mass is 362 g/mol. The average molecular weight is 362 g/mol. The fourth-order valence-corrected chi connectivity index (χ4v) is 3.55. The number of piperidine rings is 1. The van der Waals surface area contributed by atoms with E-state index in [1.807, 2.05) is 37.3 Å². The van der Waals surface area contributed by atoms with Crippen LogP contribution in [0.1, 0.15) is 57.4 Å². The quantitative estimate of drug-likeness (QED) is 0.274. The van der Waals surface area contributed by atoms with Gasteiger partial charge in [0.1, 0.15) is 5.60 Å². The summed E-state index contributed by atoms with van der Waals surface area (Å²) in [7, 11) is 0. The molecule has 0 unspecified atom stereocenters. The van der Waals surface area contributed by atoms with Gasteiger partial charge in [-0.25, -0.2) is 0 Å². The number of rotatable bonds is 10. The summed E-state index contributed by atoms with van der Waals surface area (Å²) >= 11 is 0. The average Bonchev–Trinajstić information content (AvgIpc) is 2.66. The van der Waals surface area contributed by atoms with E-state index in [0.717, 1.165) is 57.3 Å². The second kappa shape index (κ2) is 10.3. The molecule has 6 heteroatoms. The SMILES string of the molecule is CCC(=O)OC1(c2ccccc2)CCN(CCCCCC[N+](=O)[O-])CC1. The van der Waals surface area contributed by atoms with Crippen LogP contribution in [0.5, 0.6) is 0 Å². The molecule has 0 saturated carbocycles. The summed E-state index contributed by atoms with van der Waals surface area (Å²) in [5.74, 6) is -0.145. The summed E-state index contributed by atoms with van der Waals surface area (Å²) in [6.07, 6.45) is 5.67. The Morgan fingerprint density at radius 1 is 1.15 bits per heavy atom. The zero-order valence-corrected chi connectivity index (χ0v) is 15.7. The van der Waals surface area contributed by atoms with Gasteiger partial charge in [-0.2, -0.15) is 0 Å². The van der Waals surface area contributed by atoms with E-state index in [4.69, 9.17) is 4.74 Å². The van der Waals surface area contributed by atoms with Crippen LogP contribution in [-0.2, 0) is 15.1 Å². The molecule has 1 fully saturated rings. The van der Waals surface area contributed by atoms with Gasteiger partial charge in [0, 0.05) is 43.7 Å². The number of benzene rings is 1. The molecular formula is C20H30N2O4. The third kappa shape index (κ3) is 6.09. The summed E-state index contributed by atoms with van der Waals surface area (Å²) in [6, 6.07) is 10.1. The maximum absolute atomic E-state index is 12.0. The normalized spacial score (nSPS) is 17.0. The predicted octanol–water partition coefficient (Wildman–Crippen LogP) is 3.77. The lowest BCUT2D eigenvalue weighted by molar-refractivity contribution is -0.480. The number of ether oxygens (including phenoxy) is 1. The second-order valence-corrected chi connectivity index (χ2v) is 7.00. The number of carbonyl (C=O) groups excluding carboxylic acids is 1. The van der Waals surface area contributed by atoms with Gasteiger partial charge in [0.2, 0.25) is 6.54 Å². The van der Waals surface area contributed by atoms with Crippen molar-refractivity contribution in [1.29, 1.82) is 0 Å². The summed E-state index contributed by atoms with van der Waals surface area (Å²) in [5, 5.41) is 10.3. The molecule has 0 aliphatic carbocycles. The molecule has 1 heterocycles. The van der Waals surface area contributed by atoms with Gasteiger partial charge in [-0.05, 0) is 24.9 Å². The van der Waals surface area contributed by atoms with Crippen LogP contribution in [0, 0.1) is 10.1 Å². The Morgan fingerprint density at radius 3 is 2.42 bits per heavy atom. The summed E-state index contributed by atoms with van der Waals surface area (Å²) in [4.78, 5) is 24.5. The van der Waals surface area contributed by atoms with E-state index in [1.165, 1.54) is 0 Å². The highest BCUT2D eigenvalue weighted by atomic mass is 16.6. The number of unbranched alkanes of at least 4 members (excludes halogenated alkanes) is 3. The van der Waals surface area contributed by atoms with E-state index in [2.05, 4.69) is 4.90 Å². The second-order valence-electron chi connectivity index (χ2n) is 7.00. The highest BCUT2D eigenvalue weighted by molar-refractivity contribution is 5.69. The number of hydrogen-bond donors (Lipinski definition) is 0. The number of likely N-dealkylation sites (tertiary alicyclic amines) is 1. The minimum Gasteiger partial charge on any atom is -0.454 e. The first kappa shape index (κ1) is 20.4. The van der Waals surface area contributed by atoms with Gasteiger partial charge in [0.25, 0.3) is 0 Å². The third-order valence-electron chi connectivity index (χ3n) is 5.13. The molecule has 1 aromatic carbocycles. The minimum absolute atomic E-state index is 0.0755. The fourth-order valence-electron chi connectivity index (χ4n) is 3.55. The van der Waals surface area contributed by atoms with Crippen LogP contribution in [0.15, 0.2) is 30.3 Å². The van der Waals surface area contributed by atoms with Gasteiger partial charge >= 0.3 is 5.97 Å². The zero-order chi connectivity index (χ0) is 18.8. The van der Waals surface area contributed by atoms with Crippen molar-refractivity contribution in [2.24, 2.45) is 0 Å². The van der Waals surface area contributed by atoms with Gasteiger partial charge in [-0.3, -0.25) is 14.9 Å². The molecule has 0 amide bonds. The van der Waals surface area contributed by atoms with Crippen LogP contribution in [0.25, 0.3) is 0 Å². The Balaban J connectivity index is 1.82. The van der Waals surface area contributed by atoms with E-state index in [0.29, 0.717) is 12.8 Å². The number of nitrogens with zero attached hydrogens (tertiary/aromatic N) is 2. The van der Waals surface area contributed by atoms with Crippen LogP contribution in [-0.4, -0.2) is 42.0 Å². The molecule has 1 aliphatic rings. The van der Waals surface area contributed by atoms with Crippen molar-refractivity contribution in [3.05, 3.63) is 46.0 Å². The van der Waals surface area contributed by atoms with Crippen LogP contribution < -0.4 is 0 Å². The molecule has 0 atom stereocenters. The van der Waals surface area contributed by atoms with E-state index >= 15 is 0 Å². The zero-order valence-electron chi connectivity index (χ0n) is 15.7. The van der Waals surface area contributed by atoms with E-state index in [1.54, 1.807) is 0 Å². The Bertz CT molecular complexity index is 568. The molecule has 0 aromatic heterocycles. The lowest BCUT2D eigenvalue weighted by atomic mass is 9.84. The minimum atomic E-state index is -0.503. The number of carbonyl (C=O) groups is 1. The first-order chi connectivity index (χ1) is 12.6. The van der Waals surface area contributed by atoms with Gasteiger partial charge in [-0.1, -0.05) is 43.7 Å². The summed E-state index contributed by atoms with van der Waals surface area (Å²) < 4.78 is 5.91. The van der Waals surface area contributed by atoms with Crippen molar-refractivity contribution in [3.8, 4) is 0 Å². The predicted molar refractivity (Wildman–Crippen MR) is 101 cm³/mol. The summed E-state index contributed by atoms with van der Waals surface area (Å²) in [6.45, 7) is 4.72. The molecule has 6 nitrogen and oxygen atoms in total. The highest BCUT2D eigenvalue weighted by Gasteiger charge is 2.39. The maximum atomic E-state index is 12.0. The first-order valence-electron chi connectivity index (χ1n) is 9.67. The van der Waals surface area contributed by atoms with Gasteiger partial charge in [0.15, 0.2) is 0 Å². The molecule has 144 valence electrons. The highest BCUT2D eigenvalue weighted by Crippen LogP contribution is 2.37. The van der Waals surface area contributed by atoms with E-state index < -0.39 is 5.60 Å². The molecular weight excluding hydrogens is 332 g/mol. The molecule has 1 aliphatic heterocycles. The van der Waals surface area contributed by atoms with Crippen molar-refractivity contribution in [2.75, 3.05) is 26.2 Å². The maximum Gasteiger partial charge on any atom is 0.306 e. The number of esters is 1. The lowest BCUT2D eigenvalue weighted by Crippen LogP contribution is -2.45. The Labute approximate surface area is 155 Å². The largest absolute Gasteiger partial charge is 0.454 e. The molecule has 0 radical (unpaired) electrons. The van der Waals surface area contributed by atoms with Gasteiger partial charge < -0.3 is 9.64 Å². The Hall–Kier alpha value is -1.95. The van der Waals surface area contributed by atoms with Gasteiger partial charge in [-0.15, -0.1) is 0 Å². The lowest BCUT2D eigenvalue weighted by Gasteiger charge is -2.41. The first-order valence-corrected chi connectivity index (χ1v) is 9.67. The van der Waals surface area contributed by atoms with Crippen LogP contribution in [0.2, 0.25) is 0 Å². The van der Waals surface area contributed by atoms with Crippen molar-refractivity contribution in [1.82, 2.24) is 4.90 Å². The van der Waals surface area contributed by atoms with Crippen molar-refractivity contribution >= 4 is 5.97 Å². The molecule has 0 N–H and O–H groups in total. The molecule has 26 heavy (non-hydrogen) atoms. The van der Waals surface area contributed by atoms with Crippen molar-refractivity contribution in [3.63, 3.8) is 0 Å². The smallest absolute Gasteiger partial charge is 0.306 e. The topological polar surface area (TPSA) is 72.7 Å². The van der Waals surface area contributed by atoms with Crippen LogP contribution in [0.4, 0.5) is 0 Å². The Kier molecular flexibility index (Phi) is 8.04. The van der Waals surface area contributed by atoms with Crippen LogP contribution >= 0.6 is 0 Å². The number of nitro groups is 1. The summed E-state index contributed by atoms with van der Waals surface area (Å²) in [5.41, 5.74) is 0.581. The van der Waals surface area contributed by atoms with Gasteiger partial charge in [0.05, 0.1) is 0 Å². The molecule has 1 aromatic rings. The van der Waals surface area contributed by atoms with Crippen molar-refractivity contribution < 1.29 is 14.5 Å². The standard InChI is InChI=1S/C20H30N2O4/c1-2-19(23)26-20(18-10-6-5-7-11-18)12-16-21(17-13-20)14-8-3-4-9-15-22(24)25/h5-7,10-11H,2-4,8-9,12-17H2,1H3. The molecule has 0 spiro atoms. The molecule has 2 rings (SSSR count). The van der Waals surface area contributed by atoms with Crippen LogP contribution in [0.3, 0.4) is 0 Å². The van der Waals surface area contributed by atoms with Crippen molar-refractivity contribution in [2.45, 2.75) is 57.5 Å².